The van der Waals surface area contributed by atoms with E-state index in [1.807, 2.05) is 45.0 Å². The second-order valence-electron chi connectivity index (χ2n) is 23.5. The first-order valence-corrected chi connectivity index (χ1v) is 32.6. The smallest absolute Gasteiger partial charge is 0.416 e. The average Bonchev–Trinajstić information content (AvgIpc) is 0.856. The Balaban J connectivity index is 0.000000139. The molecule has 0 saturated carbocycles. The van der Waals surface area contributed by atoms with E-state index in [9.17, 15) is 30.7 Å². The molecular formula is C69H69Cl2F7N16O3. The Hall–Kier alpha value is -9.37. The molecule has 2 fully saturated rings. The number of hydrogen-bond acceptors (Lipinski definition) is 19. The Morgan fingerprint density at radius 2 is 1.07 bits per heavy atom. The van der Waals surface area contributed by atoms with Crippen LogP contribution in [-0.4, -0.2) is 119 Å². The minimum Gasteiger partial charge on any atom is -0.481 e. The monoisotopic (exact) mass is 1370 g/mol. The Morgan fingerprint density at radius 3 is 1.66 bits per heavy atom. The molecule has 0 radical (unpaired) electrons. The van der Waals surface area contributed by atoms with Crippen molar-refractivity contribution < 1.29 is 44.9 Å². The van der Waals surface area contributed by atoms with Gasteiger partial charge in [0.15, 0.2) is 29.1 Å². The highest BCUT2D eigenvalue weighted by atomic mass is 35.5. The highest BCUT2D eigenvalue weighted by molar-refractivity contribution is 6.31. The van der Waals surface area contributed by atoms with Crippen molar-refractivity contribution in [1.29, 1.82) is 0 Å². The molecule has 0 bridgehead atoms. The Bertz CT molecular complexity index is 4160. The quantitative estimate of drug-likeness (QED) is 0.0613. The zero-order valence-corrected chi connectivity index (χ0v) is 54.4. The molecule has 5 aromatic heterocycles. The van der Waals surface area contributed by atoms with E-state index in [4.69, 9.17) is 47.4 Å². The molecule has 0 amide bonds. The third kappa shape index (κ3) is 17.3. The molecule has 28 heteroatoms. The molecule has 0 atom stereocenters. The summed E-state index contributed by atoms with van der Waals surface area (Å²) in [6, 6.07) is 24.8. The summed E-state index contributed by atoms with van der Waals surface area (Å²) in [5.41, 5.74) is 6.41. The highest BCUT2D eigenvalue weighted by Gasteiger charge is 2.32. The van der Waals surface area contributed by atoms with Gasteiger partial charge in [-0.25, -0.2) is 42.5 Å². The highest BCUT2D eigenvalue weighted by Crippen LogP contribution is 2.36. The molecule has 0 aliphatic carbocycles. The number of alkyl halides is 3. The zero-order valence-electron chi connectivity index (χ0n) is 52.9. The van der Waals surface area contributed by atoms with Gasteiger partial charge in [-0.3, -0.25) is 15.0 Å². The molecule has 5 aliphatic rings. The summed E-state index contributed by atoms with van der Waals surface area (Å²) in [5, 5.41) is 9.86. The number of halogens is 9. The number of anilines is 10. The Morgan fingerprint density at radius 1 is 0.515 bits per heavy atom. The Kier molecular flexibility index (Phi) is 21.8. The van der Waals surface area contributed by atoms with Crippen molar-refractivity contribution in [2.45, 2.75) is 70.9 Å². The van der Waals surface area contributed by atoms with E-state index >= 15 is 0 Å². The van der Waals surface area contributed by atoms with E-state index in [2.05, 4.69) is 67.8 Å². The van der Waals surface area contributed by atoms with Crippen LogP contribution in [-0.2, 0) is 61.1 Å². The van der Waals surface area contributed by atoms with Crippen LogP contribution in [0.25, 0.3) is 0 Å². The third-order valence-corrected chi connectivity index (χ3v) is 17.6. The van der Waals surface area contributed by atoms with E-state index in [1.165, 1.54) is 12.1 Å². The van der Waals surface area contributed by atoms with Gasteiger partial charge in [0.1, 0.15) is 34.9 Å². The number of pyridine rings is 2. The van der Waals surface area contributed by atoms with Crippen LogP contribution in [0, 0.1) is 23.3 Å². The van der Waals surface area contributed by atoms with E-state index in [-0.39, 0.29) is 30.2 Å². The normalized spacial score (nSPS) is 15.2. The predicted octanol–water partition coefficient (Wildman–Crippen LogP) is 13.7. The largest absolute Gasteiger partial charge is 0.481 e. The SMILES string of the molecule is COc1ccc(CNc2cnc3c(n2)N(Cc2cc(F)ccc2F)CCC3)cn1.FC(F)(F)c1ccc(Cl)c(CN2CCCc3ncc(Nc4ccc(N5CCOCC5)nc4)nc32)c1.Fc1ccc(F)c(CN2CCCc3ncc(Nc4ccc(N5CCOCC5)cc4)nc32)c1Cl. The molecule has 0 spiro atoms. The fourth-order valence-corrected chi connectivity index (χ4v) is 12.2. The number of aryl methyl sites for hydroxylation is 3. The van der Waals surface area contributed by atoms with Crippen molar-refractivity contribution in [3.05, 3.63) is 206 Å². The van der Waals surface area contributed by atoms with Crippen LogP contribution in [0.15, 0.2) is 128 Å². The zero-order chi connectivity index (χ0) is 67.4. The molecular weight excluding hydrogens is 1300 g/mol. The average molecular weight is 1370 g/mol. The number of hydrogen-bond donors (Lipinski definition) is 3. The van der Waals surface area contributed by atoms with Gasteiger partial charge < -0.3 is 54.7 Å². The fourth-order valence-electron chi connectivity index (χ4n) is 11.8. The van der Waals surface area contributed by atoms with E-state index in [0.717, 1.165) is 160 Å². The van der Waals surface area contributed by atoms with Crippen LogP contribution in [0.4, 0.5) is 88.5 Å². The number of ether oxygens (including phenoxy) is 3. The lowest BCUT2D eigenvalue weighted by Gasteiger charge is -2.30. The predicted molar refractivity (Wildman–Crippen MR) is 360 cm³/mol. The molecule has 3 N–H and O–H groups in total. The molecule has 2 saturated heterocycles. The first-order valence-electron chi connectivity index (χ1n) is 31.8. The number of methoxy groups -OCH3 is 1. The number of nitrogens with zero attached hydrogens (tertiary/aromatic N) is 13. The number of aromatic nitrogens is 8. The summed E-state index contributed by atoms with van der Waals surface area (Å²) in [4.78, 5) is 46.8. The van der Waals surface area contributed by atoms with Gasteiger partial charge in [0.05, 0.1) is 91.7 Å². The van der Waals surface area contributed by atoms with Crippen LogP contribution in [0.3, 0.4) is 0 Å². The van der Waals surface area contributed by atoms with Crippen molar-refractivity contribution >= 4 is 81.0 Å². The van der Waals surface area contributed by atoms with Crippen molar-refractivity contribution in [1.82, 2.24) is 39.9 Å². The maximum Gasteiger partial charge on any atom is 0.416 e. The Labute approximate surface area is 566 Å². The maximum atomic E-state index is 14.4. The molecule has 506 valence electrons. The van der Waals surface area contributed by atoms with Crippen molar-refractivity contribution in [3.8, 4) is 5.88 Å². The lowest BCUT2D eigenvalue weighted by atomic mass is 10.1. The van der Waals surface area contributed by atoms with Gasteiger partial charge in [-0.15, -0.1) is 0 Å². The number of benzene rings is 4. The number of morpholine rings is 2. The summed E-state index contributed by atoms with van der Waals surface area (Å²) < 4.78 is 111. The molecule has 5 aliphatic heterocycles. The second-order valence-corrected chi connectivity index (χ2v) is 24.3. The van der Waals surface area contributed by atoms with Crippen LogP contribution in [0.5, 0.6) is 5.88 Å². The second kappa shape index (κ2) is 31.2. The molecule has 4 aromatic carbocycles. The van der Waals surface area contributed by atoms with Gasteiger partial charge in [0.2, 0.25) is 5.88 Å². The summed E-state index contributed by atoms with van der Waals surface area (Å²) in [7, 11) is 1.57. The minimum absolute atomic E-state index is 0.127. The van der Waals surface area contributed by atoms with Gasteiger partial charge in [-0.1, -0.05) is 29.3 Å². The van der Waals surface area contributed by atoms with E-state index < -0.39 is 35.0 Å². The maximum absolute atomic E-state index is 14.4. The minimum atomic E-state index is -4.43. The van der Waals surface area contributed by atoms with Crippen LogP contribution in [0.1, 0.15) is 64.2 Å². The van der Waals surface area contributed by atoms with Gasteiger partial charge in [0, 0.05) is 112 Å². The lowest BCUT2D eigenvalue weighted by Crippen LogP contribution is -2.36. The van der Waals surface area contributed by atoms with E-state index in [0.29, 0.717) is 96.3 Å². The van der Waals surface area contributed by atoms with Gasteiger partial charge in [0.25, 0.3) is 0 Å². The van der Waals surface area contributed by atoms with Crippen LogP contribution in [0.2, 0.25) is 10.0 Å². The summed E-state index contributed by atoms with van der Waals surface area (Å²) >= 11 is 12.3. The fraction of sp³-hybridized carbons (Fsp3) is 0.333. The third-order valence-electron chi connectivity index (χ3n) is 16.8. The first kappa shape index (κ1) is 67.6. The van der Waals surface area contributed by atoms with Crippen molar-refractivity contribution in [2.75, 3.05) is 120 Å². The number of fused-ring (bicyclic) bond motifs is 3. The lowest BCUT2D eigenvalue weighted by molar-refractivity contribution is -0.137. The van der Waals surface area contributed by atoms with Gasteiger partial charge in [-0.05, 0) is 135 Å². The number of rotatable bonds is 16. The summed E-state index contributed by atoms with van der Waals surface area (Å²) in [6.07, 6.45) is 9.04. The summed E-state index contributed by atoms with van der Waals surface area (Å²) in [6.45, 7) is 9.38. The topological polar surface area (TPSA) is 183 Å². The summed E-state index contributed by atoms with van der Waals surface area (Å²) in [5.74, 6) is 3.16. The standard InChI is InChI=1S/C24H24ClF3N6O.C24H24ClF2N5O.C21H21F2N5O/c25-19-5-3-17(24(26,27)28)12-16(19)15-34-7-1-2-20-23(34)32-21(14-29-20)31-18-4-6-22(30-13-18)33-8-10-35-11-9-33;25-23-18(19(26)7-8-20(23)27)15-32-9-1-2-21-24(32)30-22(14-28-21)29-16-3-5-17(6-4-16)31-10-12-33-13-11-31;1-29-20-7-4-14(11-26-20)10-25-19-12-24-18-3-2-8-28(21(18)27-19)13-15-9-16(22)5-6-17(15)23/h3-6,12-14H,1-2,7-11,15H2,(H,31,32);3-8,14H,1-2,9-13,15H2,(H,29,30);4-7,9,11-12H,2-3,8,10,13H2,1H3,(H,25,27). The van der Waals surface area contributed by atoms with Crippen LogP contribution < -0.4 is 45.2 Å². The van der Waals surface area contributed by atoms with Crippen molar-refractivity contribution in [2.24, 2.45) is 0 Å². The van der Waals surface area contributed by atoms with Crippen molar-refractivity contribution in [3.63, 3.8) is 0 Å². The number of nitrogens with one attached hydrogen (secondary N) is 3. The molecule has 97 heavy (non-hydrogen) atoms. The molecule has 14 rings (SSSR count). The molecule has 19 nitrogen and oxygen atoms in total. The molecule has 10 heterocycles. The molecule has 0 unspecified atom stereocenters. The molecule has 9 aromatic rings. The van der Waals surface area contributed by atoms with E-state index in [1.54, 1.807) is 44.2 Å². The first-order chi connectivity index (χ1) is 47.1. The van der Waals surface area contributed by atoms with Gasteiger partial charge in [-0.2, -0.15) is 13.2 Å². The van der Waals surface area contributed by atoms with Crippen LogP contribution >= 0.6 is 23.2 Å². The van der Waals surface area contributed by atoms with Gasteiger partial charge >= 0.3 is 6.18 Å².